The van der Waals surface area contributed by atoms with Crippen LogP contribution in [0.3, 0.4) is 0 Å². The highest BCUT2D eigenvalue weighted by molar-refractivity contribution is 9.10. The fourth-order valence-corrected chi connectivity index (χ4v) is 2.38. The molecule has 4 heteroatoms. The third-order valence-corrected chi connectivity index (χ3v) is 3.47. The zero-order valence-corrected chi connectivity index (χ0v) is 14.0. The Balaban J connectivity index is 2.07. The van der Waals surface area contributed by atoms with Gasteiger partial charge in [-0.3, -0.25) is 4.79 Å². The maximum Gasteiger partial charge on any atom is 0.256 e. The number of anilines is 2. The Morgan fingerprint density at radius 1 is 0.952 bits per heavy atom. The number of carbonyl (C=O) groups excluding carboxylic acids is 1. The van der Waals surface area contributed by atoms with Gasteiger partial charge in [0.25, 0.3) is 5.91 Å². The molecule has 2 rings (SSSR count). The van der Waals surface area contributed by atoms with Crippen LogP contribution in [-0.4, -0.2) is 11.4 Å². The molecule has 0 heterocycles. The van der Waals surface area contributed by atoms with E-state index in [1.54, 1.807) is 6.07 Å². The van der Waals surface area contributed by atoms with Crippen LogP contribution in [0, 0.1) is 0 Å². The van der Waals surface area contributed by atoms with Crippen molar-refractivity contribution >= 4 is 33.2 Å². The van der Waals surface area contributed by atoms with Crippen LogP contribution in [0.15, 0.2) is 53.0 Å². The minimum absolute atomic E-state index is 0.0136. The Kier molecular flexibility index (Phi) is 4.68. The molecule has 1 amide bonds. The third-order valence-electron chi connectivity index (χ3n) is 2.78. The number of nitrogens with one attached hydrogen (secondary N) is 2. The van der Waals surface area contributed by atoms with Gasteiger partial charge in [-0.1, -0.05) is 12.1 Å². The minimum atomic E-state index is -0.126. The van der Waals surface area contributed by atoms with Crippen molar-refractivity contribution in [2.75, 3.05) is 10.6 Å². The quantitative estimate of drug-likeness (QED) is 0.828. The first kappa shape index (κ1) is 15.6. The lowest BCUT2D eigenvalue weighted by Crippen LogP contribution is -2.25. The van der Waals surface area contributed by atoms with E-state index in [0.29, 0.717) is 5.56 Å². The Bertz CT molecular complexity index is 630. The van der Waals surface area contributed by atoms with Crippen LogP contribution in [0.4, 0.5) is 11.4 Å². The highest BCUT2D eigenvalue weighted by Gasteiger charge is 2.11. The summed E-state index contributed by atoms with van der Waals surface area (Å²) >= 11 is 3.38. The van der Waals surface area contributed by atoms with Crippen molar-refractivity contribution in [1.29, 1.82) is 0 Å². The fourth-order valence-electron chi connectivity index (χ4n) is 1.91. The molecule has 0 saturated heterocycles. The molecule has 0 aliphatic heterocycles. The molecule has 0 aliphatic rings. The molecular formula is C17H19BrN2O. The monoisotopic (exact) mass is 346 g/mol. The van der Waals surface area contributed by atoms with Crippen molar-refractivity contribution in [3.05, 3.63) is 58.6 Å². The molecule has 3 nitrogen and oxygen atoms in total. The fraction of sp³-hybridized carbons (Fsp3) is 0.235. The first-order chi connectivity index (χ1) is 9.85. The summed E-state index contributed by atoms with van der Waals surface area (Å²) in [6.45, 7) is 6.32. The zero-order valence-electron chi connectivity index (χ0n) is 12.4. The first-order valence-electron chi connectivity index (χ1n) is 6.79. The van der Waals surface area contributed by atoms with Gasteiger partial charge in [-0.25, -0.2) is 0 Å². The first-order valence-corrected chi connectivity index (χ1v) is 7.58. The van der Waals surface area contributed by atoms with Gasteiger partial charge in [-0.2, -0.15) is 0 Å². The molecule has 0 atom stereocenters. The molecule has 21 heavy (non-hydrogen) atoms. The second kappa shape index (κ2) is 6.31. The number of carbonyl (C=O) groups is 1. The maximum absolute atomic E-state index is 12.2. The zero-order chi connectivity index (χ0) is 15.5. The molecule has 110 valence electrons. The summed E-state index contributed by atoms with van der Waals surface area (Å²) in [7, 11) is 0. The molecule has 0 aliphatic carbocycles. The number of rotatable bonds is 3. The molecule has 2 aromatic rings. The van der Waals surface area contributed by atoms with Gasteiger partial charge in [-0.15, -0.1) is 0 Å². The van der Waals surface area contributed by atoms with Gasteiger partial charge in [0.1, 0.15) is 0 Å². The van der Waals surface area contributed by atoms with Crippen molar-refractivity contribution < 1.29 is 4.79 Å². The lowest BCUT2D eigenvalue weighted by Gasteiger charge is -2.22. The summed E-state index contributed by atoms with van der Waals surface area (Å²) in [5, 5.41) is 6.27. The van der Waals surface area contributed by atoms with Gasteiger partial charge in [0.05, 0.1) is 5.56 Å². The largest absolute Gasteiger partial charge is 0.380 e. The van der Waals surface area contributed by atoms with Gasteiger partial charge in [0.2, 0.25) is 0 Å². The van der Waals surface area contributed by atoms with Crippen LogP contribution in [0.5, 0.6) is 0 Å². The molecule has 0 radical (unpaired) electrons. The molecule has 2 N–H and O–H groups in total. The summed E-state index contributed by atoms with van der Waals surface area (Å²) in [6.07, 6.45) is 0. The Hall–Kier alpha value is -1.81. The Morgan fingerprint density at radius 3 is 2.10 bits per heavy atom. The van der Waals surface area contributed by atoms with Gasteiger partial charge >= 0.3 is 0 Å². The molecule has 2 aromatic carbocycles. The average molecular weight is 347 g/mol. The number of halogens is 1. The molecule has 0 aromatic heterocycles. The average Bonchev–Trinajstić information content (AvgIpc) is 2.40. The van der Waals surface area contributed by atoms with Crippen LogP contribution in [0.1, 0.15) is 31.1 Å². The highest BCUT2D eigenvalue weighted by Crippen LogP contribution is 2.20. The van der Waals surface area contributed by atoms with Crippen LogP contribution < -0.4 is 10.6 Å². The van der Waals surface area contributed by atoms with Gasteiger partial charge < -0.3 is 10.6 Å². The maximum atomic E-state index is 12.2. The lowest BCUT2D eigenvalue weighted by molar-refractivity contribution is 0.102. The van der Waals surface area contributed by atoms with Crippen LogP contribution in [-0.2, 0) is 0 Å². The molecule has 0 saturated carbocycles. The standard InChI is InChI=1S/C17H19BrN2O/c1-17(2,3)20-13-10-8-12(9-11-13)19-16(21)14-6-4-5-7-15(14)18/h4-11,20H,1-3H3,(H,19,21). The van der Waals surface area contributed by atoms with E-state index in [2.05, 4.69) is 47.3 Å². The van der Waals surface area contributed by atoms with Crippen molar-refractivity contribution in [2.45, 2.75) is 26.3 Å². The van der Waals surface area contributed by atoms with E-state index < -0.39 is 0 Å². The summed E-state index contributed by atoms with van der Waals surface area (Å²) in [6, 6.07) is 15.1. The van der Waals surface area contributed by atoms with Crippen LogP contribution in [0.2, 0.25) is 0 Å². The highest BCUT2D eigenvalue weighted by atomic mass is 79.9. The van der Waals surface area contributed by atoms with E-state index in [4.69, 9.17) is 0 Å². The van der Waals surface area contributed by atoms with Gasteiger partial charge in [0.15, 0.2) is 0 Å². The summed E-state index contributed by atoms with van der Waals surface area (Å²) in [5.74, 6) is -0.126. The lowest BCUT2D eigenvalue weighted by atomic mass is 10.1. The smallest absolute Gasteiger partial charge is 0.256 e. The van der Waals surface area contributed by atoms with E-state index in [0.717, 1.165) is 15.8 Å². The van der Waals surface area contributed by atoms with Crippen molar-refractivity contribution in [3.63, 3.8) is 0 Å². The van der Waals surface area contributed by atoms with E-state index in [9.17, 15) is 4.79 Å². The molecule has 0 bridgehead atoms. The predicted octanol–water partition coefficient (Wildman–Crippen LogP) is 4.91. The SMILES string of the molecule is CC(C)(C)Nc1ccc(NC(=O)c2ccccc2Br)cc1. The van der Waals surface area contributed by atoms with E-state index in [1.807, 2.05) is 42.5 Å². The summed E-state index contributed by atoms with van der Waals surface area (Å²) in [5.41, 5.74) is 2.44. The predicted molar refractivity (Wildman–Crippen MR) is 91.9 cm³/mol. The second-order valence-electron chi connectivity index (χ2n) is 5.89. The second-order valence-corrected chi connectivity index (χ2v) is 6.74. The topological polar surface area (TPSA) is 41.1 Å². The van der Waals surface area contributed by atoms with Crippen LogP contribution in [0.25, 0.3) is 0 Å². The van der Waals surface area contributed by atoms with Crippen molar-refractivity contribution in [3.8, 4) is 0 Å². The minimum Gasteiger partial charge on any atom is -0.380 e. The van der Waals surface area contributed by atoms with E-state index in [-0.39, 0.29) is 11.4 Å². The number of amides is 1. The van der Waals surface area contributed by atoms with Gasteiger partial charge in [0, 0.05) is 21.4 Å². The number of hydrogen-bond acceptors (Lipinski definition) is 2. The van der Waals surface area contributed by atoms with Crippen LogP contribution >= 0.6 is 15.9 Å². The summed E-state index contributed by atoms with van der Waals surface area (Å²) in [4.78, 5) is 12.2. The van der Waals surface area contributed by atoms with E-state index in [1.165, 1.54) is 0 Å². The third kappa shape index (κ3) is 4.60. The molecular weight excluding hydrogens is 328 g/mol. The molecule has 0 spiro atoms. The molecule has 0 unspecified atom stereocenters. The van der Waals surface area contributed by atoms with E-state index >= 15 is 0 Å². The van der Waals surface area contributed by atoms with Crippen molar-refractivity contribution in [2.24, 2.45) is 0 Å². The Labute approximate surface area is 133 Å². The Morgan fingerprint density at radius 2 is 1.52 bits per heavy atom. The normalized spacial score (nSPS) is 11.0. The summed E-state index contributed by atoms with van der Waals surface area (Å²) < 4.78 is 0.786. The van der Waals surface area contributed by atoms with Gasteiger partial charge in [-0.05, 0) is 73.1 Å². The molecule has 0 fully saturated rings. The number of benzene rings is 2. The van der Waals surface area contributed by atoms with Crippen molar-refractivity contribution in [1.82, 2.24) is 0 Å². The number of hydrogen-bond donors (Lipinski definition) is 2.